The third kappa shape index (κ3) is 5.11. The molecule has 1 saturated heterocycles. The Morgan fingerprint density at radius 1 is 1.12 bits per heavy atom. The molecule has 25 heavy (non-hydrogen) atoms. The number of morpholine rings is 1. The van der Waals surface area contributed by atoms with Gasteiger partial charge in [0.05, 0.1) is 6.61 Å². The fraction of sp³-hybridized carbons (Fsp3) is 0.278. The Balaban J connectivity index is 1.50. The van der Waals surface area contributed by atoms with Gasteiger partial charge in [-0.05, 0) is 60.7 Å². The first-order chi connectivity index (χ1) is 12.1. The molecule has 3 rings (SSSR count). The summed E-state index contributed by atoms with van der Waals surface area (Å²) in [7, 11) is 0. The van der Waals surface area contributed by atoms with Gasteiger partial charge in [-0.3, -0.25) is 0 Å². The van der Waals surface area contributed by atoms with E-state index in [-0.39, 0.29) is 17.7 Å². The van der Waals surface area contributed by atoms with Gasteiger partial charge >= 0.3 is 0 Å². The van der Waals surface area contributed by atoms with Crippen molar-refractivity contribution in [3.8, 4) is 5.75 Å². The molecule has 0 aromatic heterocycles. The number of ether oxygens (including phenoxy) is 2. The van der Waals surface area contributed by atoms with E-state index < -0.39 is 0 Å². The SMILES string of the molecule is Fc1ccc(NC(=S)N2CCO[C@H](COc3ccc(F)cc3)C2)cc1. The molecule has 0 amide bonds. The van der Waals surface area contributed by atoms with Crippen molar-refractivity contribution < 1.29 is 18.3 Å². The molecule has 1 aliphatic heterocycles. The summed E-state index contributed by atoms with van der Waals surface area (Å²) < 4.78 is 37.2. The van der Waals surface area contributed by atoms with Crippen LogP contribution in [0, 0.1) is 11.6 Å². The number of nitrogens with zero attached hydrogens (tertiary/aromatic N) is 1. The largest absolute Gasteiger partial charge is 0.491 e. The second-order valence-electron chi connectivity index (χ2n) is 5.64. The van der Waals surface area contributed by atoms with Crippen molar-refractivity contribution in [2.24, 2.45) is 0 Å². The minimum Gasteiger partial charge on any atom is -0.491 e. The van der Waals surface area contributed by atoms with Crippen molar-refractivity contribution in [2.45, 2.75) is 6.10 Å². The third-order valence-electron chi connectivity index (χ3n) is 3.77. The Morgan fingerprint density at radius 3 is 2.44 bits per heavy atom. The molecule has 0 unspecified atom stereocenters. The lowest BCUT2D eigenvalue weighted by molar-refractivity contribution is -0.0280. The van der Waals surface area contributed by atoms with Crippen LogP contribution >= 0.6 is 12.2 Å². The van der Waals surface area contributed by atoms with Crippen LogP contribution in [0.1, 0.15) is 0 Å². The summed E-state index contributed by atoms with van der Waals surface area (Å²) in [5.41, 5.74) is 0.733. The fourth-order valence-corrected chi connectivity index (χ4v) is 2.74. The average molecular weight is 364 g/mol. The molecule has 2 aromatic carbocycles. The van der Waals surface area contributed by atoms with E-state index in [4.69, 9.17) is 21.7 Å². The normalized spacial score (nSPS) is 17.2. The topological polar surface area (TPSA) is 33.7 Å². The maximum Gasteiger partial charge on any atom is 0.173 e. The quantitative estimate of drug-likeness (QED) is 0.841. The highest BCUT2D eigenvalue weighted by atomic mass is 32.1. The molecular weight excluding hydrogens is 346 g/mol. The third-order valence-corrected chi connectivity index (χ3v) is 4.13. The molecule has 1 N–H and O–H groups in total. The Hall–Kier alpha value is -2.25. The van der Waals surface area contributed by atoms with Gasteiger partial charge in [-0.1, -0.05) is 0 Å². The smallest absolute Gasteiger partial charge is 0.173 e. The number of rotatable bonds is 4. The second kappa shape index (κ2) is 8.22. The van der Waals surface area contributed by atoms with Crippen LogP contribution in [-0.4, -0.2) is 42.4 Å². The zero-order chi connectivity index (χ0) is 17.6. The lowest BCUT2D eigenvalue weighted by Crippen LogP contribution is -2.49. The Morgan fingerprint density at radius 2 is 1.76 bits per heavy atom. The lowest BCUT2D eigenvalue weighted by Gasteiger charge is -2.34. The predicted molar refractivity (Wildman–Crippen MR) is 95.8 cm³/mol. The first kappa shape index (κ1) is 17.6. The maximum atomic E-state index is 13.0. The Kier molecular flexibility index (Phi) is 5.78. The molecule has 0 radical (unpaired) electrons. The fourth-order valence-electron chi connectivity index (χ4n) is 2.46. The van der Waals surface area contributed by atoms with Crippen molar-refractivity contribution in [1.82, 2.24) is 4.90 Å². The van der Waals surface area contributed by atoms with Gasteiger partial charge in [0.25, 0.3) is 0 Å². The molecule has 1 heterocycles. The first-order valence-corrected chi connectivity index (χ1v) is 8.32. The predicted octanol–water partition coefficient (Wildman–Crippen LogP) is 3.44. The first-order valence-electron chi connectivity index (χ1n) is 7.91. The second-order valence-corrected chi connectivity index (χ2v) is 6.03. The molecule has 1 aliphatic rings. The van der Waals surface area contributed by atoms with Crippen LogP contribution in [0.15, 0.2) is 48.5 Å². The molecule has 0 aliphatic carbocycles. The van der Waals surface area contributed by atoms with Gasteiger partial charge in [0, 0.05) is 18.8 Å². The maximum absolute atomic E-state index is 13.0. The van der Waals surface area contributed by atoms with Crippen LogP contribution in [0.3, 0.4) is 0 Å². The summed E-state index contributed by atoms with van der Waals surface area (Å²) in [4.78, 5) is 1.99. The molecule has 4 nitrogen and oxygen atoms in total. The minimum absolute atomic E-state index is 0.147. The van der Waals surface area contributed by atoms with Crippen LogP contribution in [0.5, 0.6) is 5.75 Å². The molecule has 7 heteroatoms. The zero-order valence-electron chi connectivity index (χ0n) is 13.5. The van der Waals surface area contributed by atoms with Gasteiger partial charge in [-0.15, -0.1) is 0 Å². The van der Waals surface area contributed by atoms with Crippen LogP contribution in [0.25, 0.3) is 0 Å². The molecule has 2 aromatic rings. The van der Waals surface area contributed by atoms with Gasteiger partial charge in [-0.25, -0.2) is 8.78 Å². The number of anilines is 1. The van der Waals surface area contributed by atoms with Crippen molar-refractivity contribution in [2.75, 3.05) is 31.6 Å². The summed E-state index contributed by atoms with van der Waals surface area (Å²) in [5.74, 6) is -0.000332. The molecule has 0 spiro atoms. The van der Waals surface area contributed by atoms with Gasteiger partial charge in [0.15, 0.2) is 5.11 Å². The summed E-state index contributed by atoms with van der Waals surface area (Å²) in [5, 5.41) is 3.65. The number of thiocarbonyl (C=S) groups is 1. The summed E-state index contributed by atoms with van der Waals surface area (Å²) >= 11 is 5.42. The highest BCUT2D eigenvalue weighted by Gasteiger charge is 2.23. The van der Waals surface area contributed by atoms with E-state index in [2.05, 4.69) is 5.32 Å². The molecule has 1 fully saturated rings. The van der Waals surface area contributed by atoms with Crippen LogP contribution in [0.4, 0.5) is 14.5 Å². The number of halogens is 2. The van der Waals surface area contributed by atoms with Crippen molar-refractivity contribution in [1.29, 1.82) is 0 Å². The molecule has 0 bridgehead atoms. The Labute approximate surface area is 150 Å². The van der Waals surface area contributed by atoms with Crippen molar-refractivity contribution in [3.63, 3.8) is 0 Å². The summed E-state index contributed by atoms with van der Waals surface area (Å²) in [6.45, 7) is 2.12. The van der Waals surface area contributed by atoms with E-state index >= 15 is 0 Å². The number of nitrogens with one attached hydrogen (secondary N) is 1. The Bertz CT molecular complexity index is 710. The van der Waals surface area contributed by atoms with Crippen molar-refractivity contribution >= 4 is 23.0 Å². The summed E-state index contributed by atoms with van der Waals surface area (Å²) in [6, 6.07) is 11.9. The lowest BCUT2D eigenvalue weighted by atomic mass is 10.3. The molecule has 1 atom stereocenters. The van der Waals surface area contributed by atoms with E-state index in [9.17, 15) is 8.78 Å². The standard InChI is InChI=1S/C18H18F2N2O2S/c19-13-1-5-15(6-2-13)21-18(25)22-9-10-23-17(11-22)12-24-16-7-3-14(20)4-8-16/h1-8,17H,9-12H2,(H,21,25)/t17-/m0/s1. The number of benzene rings is 2. The van der Waals surface area contributed by atoms with Gasteiger partial charge in [-0.2, -0.15) is 0 Å². The number of hydrogen-bond acceptors (Lipinski definition) is 3. The van der Waals surface area contributed by atoms with Crippen LogP contribution in [-0.2, 0) is 4.74 Å². The van der Waals surface area contributed by atoms with Crippen LogP contribution < -0.4 is 10.1 Å². The van der Waals surface area contributed by atoms with E-state index in [1.807, 2.05) is 4.90 Å². The molecule has 132 valence electrons. The van der Waals surface area contributed by atoms with Gasteiger partial charge < -0.3 is 19.7 Å². The van der Waals surface area contributed by atoms with E-state index in [0.717, 1.165) is 5.69 Å². The van der Waals surface area contributed by atoms with Gasteiger partial charge in [0.1, 0.15) is 30.1 Å². The minimum atomic E-state index is -0.301. The van der Waals surface area contributed by atoms with Crippen molar-refractivity contribution in [3.05, 3.63) is 60.2 Å². The van der Waals surface area contributed by atoms with Gasteiger partial charge in [0.2, 0.25) is 0 Å². The molecular formula is C18H18F2N2O2S. The highest BCUT2D eigenvalue weighted by Crippen LogP contribution is 2.15. The average Bonchev–Trinajstić information content (AvgIpc) is 2.63. The van der Waals surface area contributed by atoms with E-state index in [0.29, 0.717) is 37.2 Å². The molecule has 0 saturated carbocycles. The summed E-state index contributed by atoms with van der Waals surface area (Å²) in [6.07, 6.45) is -0.147. The highest BCUT2D eigenvalue weighted by molar-refractivity contribution is 7.80. The van der Waals surface area contributed by atoms with Crippen LogP contribution in [0.2, 0.25) is 0 Å². The van der Waals surface area contributed by atoms with E-state index in [1.165, 1.54) is 24.3 Å². The monoisotopic (exact) mass is 364 g/mol. The number of hydrogen-bond donors (Lipinski definition) is 1. The van der Waals surface area contributed by atoms with E-state index in [1.54, 1.807) is 24.3 Å². The zero-order valence-corrected chi connectivity index (χ0v) is 14.3.